The molecule has 0 fully saturated rings. The number of rotatable bonds is 10. The second-order valence-electron chi connectivity index (χ2n) is 8.65. The predicted octanol–water partition coefficient (Wildman–Crippen LogP) is 3.85. The van der Waals surface area contributed by atoms with E-state index < -0.39 is 30.3 Å². The number of benzene rings is 2. The van der Waals surface area contributed by atoms with E-state index in [0.717, 1.165) is 22.0 Å². The van der Waals surface area contributed by atoms with Gasteiger partial charge in [0.05, 0.1) is 7.11 Å². The molecule has 0 spiro atoms. The third kappa shape index (κ3) is 7.77. The molecule has 1 heterocycles. The fourth-order valence-electron chi connectivity index (χ4n) is 3.75. The lowest BCUT2D eigenvalue weighted by Crippen LogP contribution is -2.55. The summed E-state index contributed by atoms with van der Waals surface area (Å²) in [7, 11) is 1.27. The molecule has 35 heavy (non-hydrogen) atoms. The molecule has 3 aromatic rings. The van der Waals surface area contributed by atoms with Crippen molar-refractivity contribution in [3.8, 4) is 0 Å². The Balaban J connectivity index is 1.61. The average molecular weight is 481 g/mol. The van der Waals surface area contributed by atoms with Crippen LogP contribution < -0.4 is 16.0 Å². The number of H-pyrrole nitrogens is 1. The number of carbonyl (C=O) groups is 3. The number of para-hydroxylation sites is 1. The number of alkyl carbamates (subject to hydrolysis) is 1. The van der Waals surface area contributed by atoms with Crippen LogP contribution in [0.3, 0.4) is 0 Å². The molecule has 0 saturated carbocycles. The number of nitrogens with one attached hydrogen (secondary N) is 4. The van der Waals surface area contributed by atoms with Crippen molar-refractivity contribution in [2.75, 3.05) is 7.11 Å². The van der Waals surface area contributed by atoms with Crippen LogP contribution in [0.4, 0.5) is 9.59 Å². The lowest BCUT2D eigenvalue weighted by atomic mass is 10.1. The highest BCUT2D eigenvalue weighted by molar-refractivity contribution is 5.87. The predicted molar refractivity (Wildman–Crippen MR) is 132 cm³/mol. The Morgan fingerprint density at radius 1 is 0.943 bits per heavy atom. The molecule has 0 radical (unpaired) electrons. The zero-order valence-corrected chi connectivity index (χ0v) is 20.2. The Morgan fingerprint density at radius 3 is 2.37 bits per heavy atom. The van der Waals surface area contributed by atoms with Gasteiger partial charge in [-0.3, -0.25) is 0 Å². The van der Waals surface area contributed by atoms with Crippen LogP contribution in [0, 0.1) is 5.92 Å². The van der Waals surface area contributed by atoms with E-state index in [9.17, 15) is 14.4 Å². The molecule has 0 unspecified atom stereocenters. The molecule has 0 aliphatic carbocycles. The first kappa shape index (κ1) is 25.6. The number of hydrogen-bond donors (Lipinski definition) is 4. The summed E-state index contributed by atoms with van der Waals surface area (Å²) in [6.07, 6.45) is 1.18. The van der Waals surface area contributed by atoms with E-state index in [4.69, 9.17) is 9.47 Å². The van der Waals surface area contributed by atoms with E-state index in [1.54, 1.807) is 0 Å². The van der Waals surface area contributed by atoms with Gasteiger partial charge >= 0.3 is 18.1 Å². The summed E-state index contributed by atoms with van der Waals surface area (Å²) in [6, 6.07) is 15.5. The van der Waals surface area contributed by atoms with Crippen molar-refractivity contribution in [3.63, 3.8) is 0 Å². The van der Waals surface area contributed by atoms with Crippen LogP contribution in [0.1, 0.15) is 31.4 Å². The highest BCUT2D eigenvalue weighted by atomic mass is 16.5. The van der Waals surface area contributed by atoms with Crippen LogP contribution in [0.25, 0.3) is 10.9 Å². The minimum absolute atomic E-state index is 0.113. The van der Waals surface area contributed by atoms with Gasteiger partial charge in [-0.05, 0) is 29.5 Å². The van der Waals surface area contributed by atoms with Crippen LogP contribution in [0.15, 0.2) is 60.8 Å². The lowest BCUT2D eigenvalue weighted by molar-refractivity contribution is -0.142. The number of aromatic nitrogens is 1. The molecule has 1 aromatic heterocycles. The van der Waals surface area contributed by atoms with Gasteiger partial charge in [0, 0.05) is 23.5 Å². The average Bonchev–Trinajstić information content (AvgIpc) is 3.25. The molecule has 3 amide bonds. The number of fused-ring (bicyclic) bond motifs is 1. The van der Waals surface area contributed by atoms with E-state index in [1.807, 2.05) is 74.6 Å². The molecular weight excluding hydrogens is 448 g/mol. The van der Waals surface area contributed by atoms with Gasteiger partial charge in [-0.1, -0.05) is 62.4 Å². The van der Waals surface area contributed by atoms with Gasteiger partial charge in [0.25, 0.3) is 0 Å². The smallest absolute Gasteiger partial charge is 0.409 e. The third-order valence-corrected chi connectivity index (χ3v) is 5.41. The summed E-state index contributed by atoms with van der Waals surface area (Å²) < 4.78 is 10.2. The molecule has 186 valence electrons. The van der Waals surface area contributed by atoms with E-state index in [0.29, 0.717) is 6.42 Å². The fourth-order valence-corrected chi connectivity index (χ4v) is 3.75. The first-order valence-corrected chi connectivity index (χ1v) is 11.5. The number of ether oxygens (including phenoxy) is 2. The van der Waals surface area contributed by atoms with Gasteiger partial charge in [-0.2, -0.15) is 0 Å². The zero-order valence-electron chi connectivity index (χ0n) is 20.2. The first-order valence-electron chi connectivity index (χ1n) is 11.5. The number of hydrogen-bond acceptors (Lipinski definition) is 5. The van der Waals surface area contributed by atoms with Gasteiger partial charge in [0.2, 0.25) is 0 Å². The molecule has 0 bridgehead atoms. The summed E-state index contributed by atoms with van der Waals surface area (Å²) >= 11 is 0. The van der Waals surface area contributed by atoms with Crippen molar-refractivity contribution in [3.05, 3.63) is 71.9 Å². The van der Waals surface area contributed by atoms with Crippen molar-refractivity contribution in [2.24, 2.45) is 5.92 Å². The molecule has 2 atom stereocenters. The third-order valence-electron chi connectivity index (χ3n) is 5.41. The first-order chi connectivity index (χ1) is 16.9. The molecule has 9 heteroatoms. The molecule has 9 nitrogen and oxygen atoms in total. The number of carbonyl (C=O) groups excluding carboxylic acids is 3. The maximum atomic E-state index is 12.8. The van der Waals surface area contributed by atoms with Crippen LogP contribution in [0.5, 0.6) is 0 Å². The normalized spacial score (nSPS) is 12.6. The molecule has 4 N–H and O–H groups in total. The number of aromatic amines is 1. The van der Waals surface area contributed by atoms with Gasteiger partial charge in [-0.15, -0.1) is 0 Å². The molecule has 0 aliphatic rings. The van der Waals surface area contributed by atoms with Crippen LogP contribution in [0.2, 0.25) is 0 Å². The second-order valence-corrected chi connectivity index (χ2v) is 8.65. The number of esters is 1. The summed E-state index contributed by atoms with van der Waals surface area (Å²) in [6.45, 7) is 4.05. The van der Waals surface area contributed by atoms with Crippen molar-refractivity contribution in [1.29, 1.82) is 0 Å². The van der Waals surface area contributed by atoms with E-state index in [-0.39, 0.29) is 18.9 Å². The highest BCUT2D eigenvalue weighted by Gasteiger charge is 2.25. The minimum Gasteiger partial charge on any atom is -0.467 e. The molecule has 2 aromatic carbocycles. The van der Waals surface area contributed by atoms with Crippen molar-refractivity contribution in [2.45, 2.75) is 45.5 Å². The van der Waals surface area contributed by atoms with Crippen LogP contribution in [-0.4, -0.2) is 42.4 Å². The van der Waals surface area contributed by atoms with Crippen LogP contribution in [-0.2, 0) is 27.3 Å². The Hall–Kier alpha value is -4.01. The summed E-state index contributed by atoms with van der Waals surface area (Å²) in [5.74, 6) is -0.390. The maximum Gasteiger partial charge on any atom is 0.409 e. The van der Waals surface area contributed by atoms with Gasteiger partial charge in [0.1, 0.15) is 18.8 Å². The molecule has 0 saturated heterocycles. The SMILES string of the molecule is COC(=O)[C@H](Cc1c[nH]c2ccccc12)NC(=O)N[C@H](CC(C)C)NC(=O)OCc1ccccc1. The minimum atomic E-state index is -0.913. The van der Waals surface area contributed by atoms with E-state index in [1.165, 1.54) is 7.11 Å². The highest BCUT2D eigenvalue weighted by Crippen LogP contribution is 2.19. The summed E-state index contributed by atoms with van der Waals surface area (Å²) in [5, 5.41) is 9.04. The molecular formula is C26H32N4O5. The summed E-state index contributed by atoms with van der Waals surface area (Å²) in [4.78, 5) is 40.7. The topological polar surface area (TPSA) is 122 Å². The van der Waals surface area contributed by atoms with E-state index >= 15 is 0 Å². The van der Waals surface area contributed by atoms with Crippen LogP contribution >= 0.6 is 0 Å². The maximum absolute atomic E-state index is 12.8. The van der Waals surface area contributed by atoms with Crippen molar-refractivity contribution >= 4 is 29.0 Å². The van der Waals surface area contributed by atoms with E-state index in [2.05, 4.69) is 20.9 Å². The van der Waals surface area contributed by atoms with Gasteiger partial charge in [0.15, 0.2) is 0 Å². The van der Waals surface area contributed by atoms with Gasteiger partial charge in [-0.25, -0.2) is 14.4 Å². The fraction of sp³-hybridized carbons (Fsp3) is 0.346. The lowest BCUT2D eigenvalue weighted by Gasteiger charge is -2.23. The van der Waals surface area contributed by atoms with Crippen molar-refractivity contribution in [1.82, 2.24) is 20.9 Å². The second kappa shape index (κ2) is 12.5. The summed E-state index contributed by atoms with van der Waals surface area (Å²) in [5.41, 5.74) is 2.66. The monoisotopic (exact) mass is 480 g/mol. The molecule has 0 aliphatic heterocycles. The van der Waals surface area contributed by atoms with Crippen molar-refractivity contribution < 1.29 is 23.9 Å². The number of urea groups is 1. The standard InChI is InChI=1S/C26H32N4O5/c1-17(2)13-23(30-26(33)35-16-18-9-5-4-6-10-18)29-25(32)28-22(24(31)34-3)14-19-15-27-21-12-8-7-11-20(19)21/h4-12,15,17,22-23,27H,13-14,16H2,1-3H3,(H,30,33)(H2,28,29,32)/t22-,23-/m0/s1. The zero-order chi connectivity index (χ0) is 25.2. The van der Waals surface area contributed by atoms with Gasteiger partial charge < -0.3 is 30.4 Å². The Labute approximate surface area is 204 Å². The Kier molecular flexibility index (Phi) is 9.11. The quantitative estimate of drug-likeness (QED) is 0.259. The Bertz CT molecular complexity index is 1130. The number of amides is 3. The Morgan fingerprint density at radius 2 is 1.66 bits per heavy atom. The number of methoxy groups -OCH3 is 1. The largest absolute Gasteiger partial charge is 0.467 e. The molecule has 3 rings (SSSR count).